The van der Waals surface area contributed by atoms with Crippen molar-refractivity contribution in [2.24, 2.45) is 5.92 Å². The van der Waals surface area contributed by atoms with Gasteiger partial charge in [0.2, 0.25) is 0 Å². The molecule has 1 spiro atoms. The summed E-state index contributed by atoms with van der Waals surface area (Å²) in [5.41, 5.74) is 6.23. The van der Waals surface area contributed by atoms with Gasteiger partial charge in [0.25, 0.3) is 0 Å². The van der Waals surface area contributed by atoms with Gasteiger partial charge in [-0.1, -0.05) is 19.9 Å². The number of methoxy groups -OCH3 is 2. The number of aromatic nitrogens is 1. The van der Waals surface area contributed by atoms with Crippen molar-refractivity contribution in [1.29, 1.82) is 0 Å². The van der Waals surface area contributed by atoms with Gasteiger partial charge in [0.15, 0.2) is 17.3 Å². The number of fused-ring (bicyclic) bond motifs is 1. The Morgan fingerprint density at radius 3 is 2.36 bits per heavy atom. The summed E-state index contributed by atoms with van der Waals surface area (Å²) < 4.78 is 22.8. The number of hydrogen-bond acceptors (Lipinski definition) is 4. The zero-order valence-corrected chi connectivity index (χ0v) is 20.2. The molecule has 0 atom stereocenters. The Labute approximate surface area is 196 Å². The molecule has 2 aliphatic rings. The van der Waals surface area contributed by atoms with Crippen molar-refractivity contribution in [2.45, 2.75) is 57.7 Å². The highest BCUT2D eigenvalue weighted by Gasteiger charge is 2.40. The fourth-order valence-electron chi connectivity index (χ4n) is 5.65. The smallest absolute Gasteiger partial charge is 0.168 e. The van der Waals surface area contributed by atoms with Crippen LogP contribution < -0.4 is 9.47 Å². The zero-order chi connectivity index (χ0) is 23.0. The number of rotatable bonds is 6. The number of H-pyrrole nitrogens is 1. The van der Waals surface area contributed by atoms with Crippen molar-refractivity contribution in [3.8, 4) is 22.8 Å². The molecule has 3 aromatic rings. The predicted octanol–water partition coefficient (Wildman–Crippen LogP) is 6.45. The van der Waals surface area contributed by atoms with Gasteiger partial charge < -0.3 is 23.9 Å². The lowest BCUT2D eigenvalue weighted by atomic mass is 9.81. The van der Waals surface area contributed by atoms with Gasteiger partial charge in [-0.2, -0.15) is 0 Å². The molecule has 1 saturated heterocycles. The van der Waals surface area contributed by atoms with Gasteiger partial charge in [-0.05, 0) is 72.6 Å². The van der Waals surface area contributed by atoms with Gasteiger partial charge >= 0.3 is 0 Å². The molecule has 1 N–H and O–H groups in total. The minimum absolute atomic E-state index is 0.278. The molecule has 0 amide bonds. The van der Waals surface area contributed by atoms with E-state index in [-0.39, 0.29) is 5.79 Å². The summed E-state index contributed by atoms with van der Waals surface area (Å²) >= 11 is 0. The summed E-state index contributed by atoms with van der Waals surface area (Å²) in [4.78, 5) is 3.68. The molecule has 0 bridgehead atoms. The summed E-state index contributed by atoms with van der Waals surface area (Å²) in [7, 11) is 3.35. The topological polar surface area (TPSA) is 52.7 Å². The van der Waals surface area contributed by atoms with Crippen LogP contribution in [0, 0.1) is 5.92 Å². The van der Waals surface area contributed by atoms with Gasteiger partial charge in [0.1, 0.15) is 0 Å². The zero-order valence-electron chi connectivity index (χ0n) is 20.2. The van der Waals surface area contributed by atoms with E-state index in [9.17, 15) is 0 Å². The van der Waals surface area contributed by atoms with Crippen LogP contribution in [-0.4, -0.2) is 38.2 Å². The molecule has 2 aromatic carbocycles. The van der Waals surface area contributed by atoms with E-state index in [1.807, 2.05) is 6.07 Å². The number of hydrogen-bond donors (Lipinski definition) is 1. The molecule has 0 radical (unpaired) electrons. The molecule has 1 saturated carbocycles. The molecular formula is C28H35NO4. The van der Waals surface area contributed by atoms with Crippen LogP contribution in [0.3, 0.4) is 0 Å². The van der Waals surface area contributed by atoms with E-state index in [1.165, 1.54) is 34.9 Å². The Morgan fingerprint density at radius 1 is 0.970 bits per heavy atom. The summed E-state index contributed by atoms with van der Waals surface area (Å²) in [5, 5.41) is 1.32. The minimum Gasteiger partial charge on any atom is -0.493 e. The maximum absolute atomic E-state index is 5.91. The van der Waals surface area contributed by atoms with Crippen LogP contribution in [0.25, 0.3) is 22.2 Å². The normalized spacial score (nSPS) is 18.5. The molecule has 2 heterocycles. The Morgan fingerprint density at radius 2 is 1.70 bits per heavy atom. The molecule has 1 aromatic heterocycles. The summed E-state index contributed by atoms with van der Waals surface area (Å²) in [5.74, 6) is 2.29. The Balaban J connectivity index is 1.43. The molecule has 0 unspecified atom stereocenters. The third kappa shape index (κ3) is 4.24. The monoisotopic (exact) mass is 449 g/mol. The molecular weight excluding hydrogens is 414 g/mol. The number of aromatic amines is 1. The fraction of sp³-hybridized carbons (Fsp3) is 0.500. The van der Waals surface area contributed by atoms with Gasteiger partial charge in [0, 0.05) is 29.3 Å². The van der Waals surface area contributed by atoms with E-state index in [2.05, 4.69) is 49.2 Å². The second kappa shape index (κ2) is 9.03. The fourth-order valence-corrected chi connectivity index (χ4v) is 5.65. The van der Waals surface area contributed by atoms with Crippen LogP contribution in [0.15, 0.2) is 36.4 Å². The van der Waals surface area contributed by atoms with Crippen LogP contribution in [0.4, 0.5) is 0 Å². The lowest BCUT2D eigenvalue weighted by Gasteiger charge is -2.35. The highest BCUT2D eigenvalue weighted by Crippen LogP contribution is 2.41. The van der Waals surface area contributed by atoms with E-state index in [0.29, 0.717) is 11.8 Å². The number of benzene rings is 2. The van der Waals surface area contributed by atoms with E-state index in [1.54, 1.807) is 14.2 Å². The summed E-state index contributed by atoms with van der Waals surface area (Å²) in [6, 6.07) is 13.1. The van der Waals surface area contributed by atoms with E-state index in [4.69, 9.17) is 18.9 Å². The molecule has 33 heavy (non-hydrogen) atoms. The first-order chi connectivity index (χ1) is 16.0. The quantitative estimate of drug-likeness (QED) is 0.470. The summed E-state index contributed by atoms with van der Waals surface area (Å²) in [6.07, 6.45) is 5.48. The van der Waals surface area contributed by atoms with Gasteiger partial charge in [-0.3, -0.25) is 0 Å². The van der Waals surface area contributed by atoms with Crippen LogP contribution in [0.5, 0.6) is 11.5 Å². The van der Waals surface area contributed by atoms with Crippen LogP contribution in [0.2, 0.25) is 0 Å². The van der Waals surface area contributed by atoms with Crippen molar-refractivity contribution >= 4 is 10.9 Å². The summed E-state index contributed by atoms with van der Waals surface area (Å²) in [6.45, 7) is 6.02. The van der Waals surface area contributed by atoms with Gasteiger partial charge in [-0.25, -0.2) is 0 Å². The Bertz CT molecular complexity index is 1120. The number of ether oxygens (including phenoxy) is 4. The maximum Gasteiger partial charge on any atom is 0.168 e. The Kier molecular flexibility index (Phi) is 6.11. The second-order valence-electron chi connectivity index (χ2n) is 9.77. The lowest BCUT2D eigenvalue weighted by Crippen LogP contribution is -2.35. The predicted molar refractivity (Wildman–Crippen MR) is 131 cm³/mol. The molecule has 176 valence electrons. The van der Waals surface area contributed by atoms with Crippen LogP contribution in [0.1, 0.15) is 56.6 Å². The molecule has 5 rings (SSSR count). The van der Waals surface area contributed by atoms with E-state index in [0.717, 1.165) is 55.2 Å². The average Bonchev–Trinajstić information content (AvgIpc) is 3.45. The molecule has 2 fully saturated rings. The third-order valence-electron chi connectivity index (χ3n) is 7.36. The SMILES string of the molecule is COc1ccc(-c2[nH]c3ccc(CC4CCC5(CC4)OCCO5)cc3c2C(C)C)cc1OC. The van der Waals surface area contributed by atoms with Crippen LogP contribution >= 0.6 is 0 Å². The highest BCUT2D eigenvalue weighted by molar-refractivity contribution is 5.92. The van der Waals surface area contributed by atoms with Gasteiger partial charge in [0.05, 0.1) is 33.1 Å². The first-order valence-corrected chi connectivity index (χ1v) is 12.2. The average molecular weight is 450 g/mol. The maximum atomic E-state index is 5.91. The standard InChI is InChI=1S/C28H35NO4/c1-18(2)26-22-16-20(15-19-9-11-28(12-10-19)32-13-14-33-28)5-7-23(22)29-27(26)21-6-8-24(30-3)25(17-21)31-4/h5-8,16-19,29H,9-15H2,1-4H3. The molecule has 1 aliphatic heterocycles. The molecule has 5 heteroatoms. The van der Waals surface area contributed by atoms with E-state index >= 15 is 0 Å². The van der Waals surface area contributed by atoms with Crippen molar-refractivity contribution in [3.63, 3.8) is 0 Å². The first kappa shape index (κ1) is 22.3. The highest BCUT2D eigenvalue weighted by atomic mass is 16.7. The molecule has 1 aliphatic carbocycles. The van der Waals surface area contributed by atoms with Crippen molar-refractivity contribution < 1.29 is 18.9 Å². The largest absolute Gasteiger partial charge is 0.493 e. The van der Waals surface area contributed by atoms with Crippen molar-refractivity contribution in [3.05, 3.63) is 47.5 Å². The van der Waals surface area contributed by atoms with Gasteiger partial charge in [-0.15, -0.1) is 0 Å². The Hall–Kier alpha value is -2.50. The van der Waals surface area contributed by atoms with E-state index < -0.39 is 0 Å². The van der Waals surface area contributed by atoms with Crippen molar-refractivity contribution in [2.75, 3.05) is 27.4 Å². The first-order valence-electron chi connectivity index (χ1n) is 12.2. The lowest BCUT2D eigenvalue weighted by molar-refractivity contribution is -0.182. The third-order valence-corrected chi connectivity index (χ3v) is 7.36. The molecule has 5 nitrogen and oxygen atoms in total. The second-order valence-corrected chi connectivity index (χ2v) is 9.77. The number of nitrogens with one attached hydrogen (secondary N) is 1. The van der Waals surface area contributed by atoms with Crippen LogP contribution in [-0.2, 0) is 15.9 Å². The minimum atomic E-state index is -0.278. The van der Waals surface area contributed by atoms with Crippen molar-refractivity contribution in [1.82, 2.24) is 4.98 Å².